The van der Waals surface area contributed by atoms with Gasteiger partial charge in [0, 0.05) is 13.1 Å². The highest BCUT2D eigenvalue weighted by Crippen LogP contribution is 2.28. The lowest BCUT2D eigenvalue weighted by Crippen LogP contribution is -2.55. The van der Waals surface area contributed by atoms with Crippen molar-refractivity contribution in [2.24, 2.45) is 5.92 Å². The normalized spacial score (nSPS) is 13.7. The zero-order valence-corrected chi connectivity index (χ0v) is 23.0. The third kappa shape index (κ3) is 8.51. The number of phenols is 1. The highest BCUT2D eigenvalue weighted by Gasteiger charge is 2.37. The molecule has 8 heteroatoms. The number of aryl methyl sites for hydroxylation is 1. The number of likely N-dealkylation sites (N-methyl/N-ethyl adjacent to an activating group) is 1. The lowest BCUT2D eigenvalue weighted by Gasteiger charge is -2.35. The van der Waals surface area contributed by atoms with Crippen molar-refractivity contribution in [3.05, 3.63) is 65.2 Å². The van der Waals surface area contributed by atoms with Gasteiger partial charge < -0.3 is 25.4 Å². The number of amides is 3. The van der Waals surface area contributed by atoms with Gasteiger partial charge in [0.2, 0.25) is 11.8 Å². The molecule has 2 aromatic rings. The second-order valence-corrected chi connectivity index (χ2v) is 10.3. The number of alkyl carbamates (subject to hydrolysis) is 1. The van der Waals surface area contributed by atoms with Crippen LogP contribution in [-0.2, 0) is 20.9 Å². The summed E-state index contributed by atoms with van der Waals surface area (Å²) in [5, 5.41) is 15.7. The molecule has 0 saturated carbocycles. The minimum atomic E-state index is -0.965. The number of aromatic hydroxyl groups is 1. The van der Waals surface area contributed by atoms with Gasteiger partial charge in [0.25, 0.3) is 0 Å². The smallest absolute Gasteiger partial charge is 0.408 e. The average Bonchev–Trinajstić information content (AvgIpc) is 2.84. The minimum absolute atomic E-state index is 0.102. The Morgan fingerprint density at radius 3 is 2.24 bits per heavy atom. The Kier molecular flexibility index (Phi) is 10.5. The first-order valence-electron chi connectivity index (χ1n) is 12.8. The second-order valence-electron chi connectivity index (χ2n) is 10.3. The first kappa shape index (κ1) is 29.7. The largest absolute Gasteiger partial charge is 0.508 e. The van der Waals surface area contributed by atoms with Crippen LogP contribution in [0.3, 0.4) is 0 Å². The molecule has 0 heterocycles. The van der Waals surface area contributed by atoms with Crippen LogP contribution in [0.5, 0.6) is 5.75 Å². The zero-order chi connectivity index (χ0) is 27.8. The molecule has 2 aromatic carbocycles. The van der Waals surface area contributed by atoms with E-state index in [1.165, 1.54) is 11.0 Å². The molecule has 3 N–H and O–H groups in total. The second kappa shape index (κ2) is 13.1. The van der Waals surface area contributed by atoms with Gasteiger partial charge in [0.1, 0.15) is 23.4 Å². The molecule has 3 amide bonds. The Labute approximate surface area is 220 Å². The van der Waals surface area contributed by atoms with Crippen LogP contribution in [0, 0.1) is 12.8 Å². The van der Waals surface area contributed by atoms with E-state index in [0.29, 0.717) is 24.1 Å². The average molecular weight is 512 g/mol. The predicted molar refractivity (Wildman–Crippen MR) is 144 cm³/mol. The fourth-order valence-electron chi connectivity index (χ4n) is 3.97. The first-order chi connectivity index (χ1) is 17.4. The maximum absolute atomic E-state index is 13.9. The maximum atomic E-state index is 13.9. The van der Waals surface area contributed by atoms with E-state index in [0.717, 1.165) is 5.56 Å². The van der Waals surface area contributed by atoms with E-state index in [-0.39, 0.29) is 30.0 Å². The van der Waals surface area contributed by atoms with Crippen molar-refractivity contribution in [1.29, 1.82) is 0 Å². The molecule has 3 atom stereocenters. The quantitative estimate of drug-likeness (QED) is 0.423. The Hall–Kier alpha value is -3.55. The van der Waals surface area contributed by atoms with E-state index >= 15 is 0 Å². The monoisotopic (exact) mass is 511 g/mol. The Morgan fingerprint density at radius 1 is 1.05 bits per heavy atom. The highest BCUT2D eigenvalue weighted by molar-refractivity contribution is 5.92. The minimum Gasteiger partial charge on any atom is -0.508 e. The highest BCUT2D eigenvalue weighted by atomic mass is 16.6. The molecule has 2 rings (SSSR count). The van der Waals surface area contributed by atoms with Crippen LogP contribution in [0.15, 0.2) is 48.5 Å². The van der Waals surface area contributed by atoms with Crippen molar-refractivity contribution in [3.8, 4) is 5.75 Å². The van der Waals surface area contributed by atoms with Crippen LogP contribution < -0.4 is 10.6 Å². The standard InChI is InChI=1S/C29H41N3O5/c1-8-19(3)24(31-28(36)37-29(5,6)7)27(35)32(9-2)25(22-15-16-23(33)20(4)17-22)26(34)30-18-21-13-11-10-12-14-21/h10-17,19,24-25,33H,8-9,18H2,1-7H3,(H,30,34)(H,31,36). The van der Waals surface area contributed by atoms with Crippen molar-refractivity contribution in [2.75, 3.05) is 6.54 Å². The zero-order valence-electron chi connectivity index (χ0n) is 23.0. The van der Waals surface area contributed by atoms with E-state index in [1.54, 1.807) is 46.8 Å². The number of carbonyl (C=O) groups excluding carboxylic acids is 3. The molecular formula is C29H41N3O5. The number of ether oxygens (including phenoxy) is 1. The van der Waals surface area contributed by atoms with Crippen molar-refractivity contribution in [3.63, 3.8) is 0 Å². The summed E-state index contributed by atoms with van der Waals surface area (Å²) < 4.78 is 5.41. The number of nitrogens with zero attached hydrogens (tertiary/aromatic N) is 1. The van der Waals surface area contributed by atoms with Gasteiger partial charge in [-0.3, -0.25) is 9.59 Å². The lowest BCUT2D eigenvalue weighted by molar-refractivity contribution is -0.143. The SMILES string of the molecule is CCC(C)C(NC(=O)OC(C)(C)C)C(=O)N(CC)C(C(=O)NCc1ccccc1)c1ccc(O)c(C)c1. The van der Waals surface area contributed by atoms with Gasteiger partial charge in [-0.1, -0.05) is 56.7 Å². The number of hydrogen-bond acceptors (Lipinski definition) is 5. The molecule has 0 aromatic heterocycles. The van der Waals surface area contributed by atoms with Gasteiger partial charge >= 0.3 is 6.09 Å². The Bertz CT molecular complexity index is 1060. The molecule has 0 fully saturated rings. The number of carbonyl (C=O) groups is 3. The third-order valence-corrected chi connectivity index (χ3v) is 6.18. The van der Waals surface area contributed by atoms with Gasteiger partial charge in [-0.2, -0.15) is 0 Å². The maximum Gasteiger partial charge on any atom is 0.408 e. The molecular weight excluding hydrogens is 470 g/mol. The number of nitrogens with one attached hydrogen (secondary N) is 2. The topological polar surface area (TPSA) is 108 Å². The molecule has 0 aliphatic rings. The lowest BCUT2D eigenvalue weighted by atomic mass is 9.95. The molecule has 0 spiro atoms. The molecule has 0 aliphatic heterocycles. The van der Waals surface area contributed by atoms with E-state index in [1.807, 2.05) is 44.2 Å². The van der Waals surface area contributed by atoms with Gasteiger partial charge in [-0.25, -0.2) is 4.79 Å². The summed E-state index contributed by atoms with van der Waals surface area (Å²) in [4.78, 5) is 41.6. The van der Waals surface area contributed by atoms with Crippen LogP contribution in [0.25, 0.3) is 0 Å². The molecule has 8 nitrogen and oxygen atoms in total. The van der Waals surface area contributed by atoms with Gasteiger partial charge in [0.15, 0.2) is 0 Å². The Morgan fingerprint density at radius 2 is 1.70 bits per heavy atom. The third-order valence-electron chi connectivity index (χ3n) is 6.18. The summed E-state index contributed by atoms with van der Waals surface area (Å²) in [6.07, 6.45) is -0.0554. The molecule has 37 heavy (non-hydrogen) atoms. The predicted octanol–water partition coefficient (Wildman–Crippen LogP) is 4.85. The van der Waals surface area contributed by atoms with E-state index in [4.69, 9.17) is 4.74 Å². The molecule has 0 aliphatic carbocycles. The van der Waals surface area contributed by atoms with Crippen LogP contribution in [0.1, 0.15) is 70.7 Å². The van der Waals surface area contributed by atoms with Crippen molar-refractivity contribution < 1.29 is 24.2 Å². The van der Waals surface area contributed by atoms with Crippen molar-refractivity contribution in [1.82, 2.24) is 15.5 Å². The van der Waals surface area contributed by atoms with Gasteiger partial charge in [-0.05, 0) is 69.4 Å². The summed E-state index contributed by atoms with van der Waals surface area (Å²) in [6.45, 7) is 13.1. The van der Waals surface area contributed by atoms with E-state index in [9.17, 15) is 19.5 Å². The molecule has 3 unspecified atom stereocenters. The number of phenolic OH excluding ortho intramolecular Hbond substituents is 1. The summed E-state index contributed by atoms with van der Waals surface area (Å²) in [6, 6.07) is 12.5. The van der Waals surface area contributed by atoms with Crippen molar-refractivity contribution >= 4 is 17.9 Å². The van der Waals surface area contributed by atoms with Gasteiger partial charge in [0.05, 0.1) is 0 Å². The number of hydrogen-bond donors (Lipinski definition) is 3. The van der Waals surface area contributed by atoms with E-state index < -0.39 is 23.8 Å². The fraction of sp³-hybridized carbons (Fsp3) is 0.483. The fourth-order valence-corrected chi connectivity index (χ4v) is 3.97. The Balaban J connectivity index is 2.43. The van der Waals surface area contributed by atoms with Crippen molar-refractivity contribution in [2.45, 2.75) is 79.1 Å². The first-order valence-corrected chi connectivity index (χ1v) is 12.8. The molecule has 0 bridgehead atoms. The van der Waals surface area contributed by atoms with Crippen LogP contribution >= 0.6 is 0 Å². The molecule has 0 saturated heterocycles. The van der Waals surface area contributed by atoms with Crippen LogP contribution in [-0.4, -0.2) is 46.1 Å². The van der Waals surface area contributed by atoms with E-state index in [2.05, 4.69) is 10.6 Å². The summed E-state index contributed by atoms with van der Waals surface area (Å²) in [7, 11) is 0. The van der Waals surface area contributed by atoms with Crippen LogP contribution in [0.2, 0.25) is 0 Å². The molecule has 0 radical (unpaired) electrons. The number of rotatable bonds is 10. The molecule has 202 valence electrons. The number of benzene rings is 2. The van der Waals surface area contributed by atoms with Gasteiger partial charge in [-0.15, -0.1) is 0 Å². The summed E-state index contributed by atoms with van der Waals surface area (Å²) in [5.74, 6) is -0.841. The summed E-state index contributed by atoms with van der Waals surface area (Å²) >= 11 is 0. The summed E-state index contributed by atoms with van der Waals surface area (Å²) in [5.41, 5.74) is 1.36. The van der Waals surface area contributed by atoms with Crippen LogP contribution in [0.4, 0.5) is 4.79 Å².